The lowest BCUT2D eigenvalue weighted by Crippen LogP contribution is -2.27. The van der Waals surface area contributed by atoms with E-state index in [1.54, 1.807) is 6.07 Å². The van der Waals surface area contributed by atoms with Crippen LogP contribution in [0.15, 0.2) is 78.9 Å². The van der Waals surface area contributed by atoms with Crippen molar-refractivity contribution in [1.29, 1.82) is 5.26 Å². The van der Waals surface area contributed by atoms with Gasteiger partial charge in [-0.3, -0.25) is 4.79 Å². The third-order valence-corrected chi connectivity index (χ3v) is 5.23. The Bertz CT molecular complexity index is 1260. The van der Waals surface area contributed by atoms with E-state index in [1.165, 1.54) is 0 Å². The highest BCUT2D eigenvalue weighted by Crippen LogP contribution is 2.29. The number of rotatable bonds is 5. The van der Waals surface area contributed by atoms with Crippen molar-refractivity contribution in [2.75, 3.05) is 6.54 Å². The van der Waals surface area contributed by atoms with E-state index in [2.05, 4.69) is 11.4 Å². The van der Waals surface area contributed by atoms with Crippen LogP contribution in [0.25, 0.3) is 22.2 Å². The summed E-state index contributed by atoms with van der Waals surface area (Å²) in [6, 6.07) is 27.3. The molecule has 0 saturated carbocycles. The van der Waals surface area contributed by atoms with E-state index in [0.29, 0.717) is 24.1 Å². The average Bonchev–Trinajstić information content (AvgIpc) is 2.79. The molecule has 1 aromatic heterocycles. The summed E-state index contributed by atoms with van der Waals surface area (Å²) in [6.07, 6.45) is 0.600. The number of nitrogens with zero attached hydrogens (tertiary/aromatic N) is 2. The molecule has 0 bridgehead atoms. The molecule has 0 unspecified atom stereocenters. The quantitative estimate of drug-likeness (QED) is 0.517. The lowest BCUT2D eigenvalue weighted by molar-refractivity contribution is 0.0955. The van der Waals surface area contributed by atoms with Gasteiger partial charge in [0.2, 0.25) is 0 Å². The molecular weight excluding hydrogens is 370 g/mol. The van der Waals surface area contributed by atoms with Crippen LogP contribution in [0.2, 0.25) is 0 Å². The molecule has 30 heavy (non-hydrogen) atoms. The molecule has 4 aromatic rings. The Morgan fingerprint density at radius 1 is 0.967 bits per heavy atom. The first-order valence-corrected chi connectivity index (χ1v) is 9.90. The summed E-state index contributed by atoms with van der Waals surface area (Å²) in [5, 5.41) is 13.1. The van der Waals surface area contributed by atoms with Gasteiger partial charge in [0.15, 0.2) is 0 Å². The number of carbonyl (C=O) groups is 1. The van der Waals surface area contributed by atoms with E-state index in [4.69, 9.17) is 4.98 Å². The molecule has 0 aliphatic carbocycles. The highest BCUT2D eigenvalue weighted by Gasteiger charge is 2.18. The largest absolute Gasteiger partial charge is 0.352 e. The van der Waals surface area contributed by atoms with E-state index in [0.717, 1.165) is 33.3 Å². The maximum Gasteiger partial charge on any atom is 0.252 e. The first-order valence-electron chi connectivity index (χ1n) is 9.90. The monoisotopic (exact) mass is 391 g/mol. The predicted molar refractivity (Wildman–Crippen MR) is 119 cm³/mol. The lowest BCUT2D eigenvalue weighted by Gasteiger charge is -2.15. The Hall–Kier alpha value is -3.97. The number of pyridine rings is 1. The standard InChI is InChI=1S/C26H21N3O/c1-18-24(26(30)28-16-15-19-9-5-6-12-21(19)17-27)22-13-7-8-14-23(22)29-25(18)20-10-3-2-4-11-20/h2-14H,15-16H2,1H3,(H,28,30). The zero-order chi connectivity index (χ0) is 20.9. The molecule has 3 aromatic carbocycles. The van der Waals surface area contributed by atoms with Crippen LogP contribution in [0, 0.1) is 18.3 Å². The summed E-state index contributed by atoms with van der Waals surface area (Å²) in [5.74, 6) is -0.127. The van der Waals surface area contributed by atoms with Crippen molar-refractivity contribution < 1.29 is 4.79 Å². The second-order valence-corrected chi connectivity index (χ2v) is 7.12. The Balaban J connectivity index is 1.66. The van der Waals surface area contributed by atoms with E-state index >= 15 is 0 Å². The van der Waals surface area contributed by atoms with Gasteiger partial charge in [-0.1, -0.05) is 66.7 Å². The molecule has 1 amide bonds. The Morgan fingerprint density at radius 3 is 2.47 bits per heavy atom. The minimum absolute atomic E-state index is 0.127. The molecule has 0 radical (unpaired) electrons. The van der Waals surface area contributed by atoms with Gasteiger partial charge in [0.1, 0.15) is 0 Å². The summed E-state index contributed by atoms with van der Waals surface area (Å²) in [5.41, 5.74) is 5.67. The number of benzene rings is 3. The Morgan fingerprint density at radius 2 is 1.67 bits per heavy atom. The van der Waals surface area contributed by atoms with Crippen LogP contribution in [0.3, 0.4) is 0 Å². The number of fused-ring (bicyclic) bond motifs is 1. The minimum Gasteiger partial charge on any atom is -0.352 e. The average molecular weight is 391 g/mol. The molecule has 0 aliphatic rings. The molecule has 1 N–H and O–H groups in total. The van der Waals surface area contributed by atoms with E-state index in [1.807, 2.05) is 79.7 Å². The fourth-order valence-electron chi connectivity index (χ4n) is 3.72. The summed E-state index contributed by atoms with van der Waals surface area (Å²) in [6.45, 7) is 2.40. The lowest BCUT2D eigenvalue weighted by atomic mass is 9.97. The molecule has 4 rings (SSSR count). The molecule has 4 heteroatoms. The van der Waals surface area contributed by atoms with Crippen molar-refractivity contribution in [2.45, 2.75) is 13.3 Å². The molecule has 0 fully saturated rings. The molecule has 0 atom stereocenters. The number of amides is 1. The summed E-state index contributed by atoms with van der Waals surface area (Å²) in [7, 11) is 0. The SMILES string of the molecule is Cc1c(-c2ccccc2)nc2ccccc2c1C(=O)NCCc1ccccc1C#N. The van der Waals surface area contributed by atoms with E-state index < -0.39 is 0 Å². The van der Waals surface area contributed by atoms with Crippen LogP contribution in [-0.4, -0.2) is 17.4 Å². The predicted octanol–water partition coefficient (Wildman–Crippen LogP) is 5.05. The summed E-state index contributed by atoms with van der Waals surface area (Å²) >= 11 is 0. The van der Waals surface area contributed by atoms with Gasteiger partial charge in [0.25, 0.3) is 5.91 Å². The number of nitrogens with one attached hydrogen (secondary N) is 1. The van der Waals surface area contributed by atoms with Crippen LogP contribution in [-0.2, 0) is 6.42 Å². The highest BCUT2D eigenvalue weighted by atomic mass is 16.1. The zero-order valence-corrected chi connectivity index (χ0v) is 16.7. The Kier molecular flexibility index (Phi) is 5.54. The number of carbonyl (C=O) groups excluding carboxylic acids is 1. The molecule has 146 valence electrons. The van der Waals surface area contributed by atoms with Gasteiger partial charge >= 0.3 is 0 Å². The second-order valence-electron chi connectivity index (χ2n) is 7.12. The van der Waals surface area contributed by atoms with E-state index in [9.17, 15) is 10.1 Å². The molecule has 0 saturated heterocycles. The zero-order valence-electron chi connectivity index (χ0n) is 16.7. The molecule has 0 spiro atoms. The van der Waals surface area contributed by atoms with Crippen LogP contribution in [0.5, 0.6) is 0 Å². The number of nitriles is 1. The van der Waals surface area contributed by atoms with Crippen molar-refractivity contribution in [2.24, 2.45) is 0 Å². The first-order chi connectivity index (χ1) is 14.7. The fraction of sp³-hybridized carbons (Fsp3) is 0.115. The van der Waals surface area contributed by atoms with E-state index in [-0.39, 0.29) is 5.91 Å². The number of hydrogen-bond donors (Lipinski definition) is 1. The maximum absolute atomic E-state index is 13.2. The van der Waals surface area contributed by atoms with Gasteiger partial charge in [-0.2, -0.15) is 5.26 Å². The molecule has 0 aliphatic heterocycles. The third kappa shape index (κ3) is 3.78. The fourth-order valence-corrected chi connectivity index (χ4v) is 3.72. The topological polar surface area (TPSA) is 65.8 Å². The van der Waals surface area contributed by atoms with Crippen molar-refractivity contribution >= 4 is 16.8 Å². The first kappa shape index (κ1) is 19.4. The highest BCUT2D eigenvalue weighted by molar-refractivity contribution is 6.08. The minimum atomic E-state index is -0.127. The normalized spacial score (nSPS) is 10.5. The Labute approximate surface area is 175 Å². The number of hydrogen-bond acceptors (Lipinski definition) is 3. The van der Waals surface area contributed by atoms with Gasteiger partial charge in [-0.15, -0.1) is 0 Å². The smallest absolute Gasteiger partial charge is 0.252 e. The van der Waals surface area contributed by atoms with Crippen LogP contribution in [0.1, 0.15) is 27.0 Å². The van der Waals surface area contributed by atoms with Crippen LogP contribution in [0.4, 0.5) is 0 Å². The third-order valence-electron chi connectivity index (χ3n) is 5.23. The van der Waals surface area contributed by atoms with Gasteiger partial charge in [-0.05, 0) is 36.6 Å². The second kappa shape index (κ2) is 8.59. The van der Waals surface area contributed by atoms with Crippen molar-refractivity contribution in [1.82, 2.24) is 10.3 Å². The summed E-state index contributed by atoms with van der Waals surface area (Å²) < 4.78 is 0. The van der Waals surface area contributed by atoms with Gasteiger partial charge in [0.05, 0.1) is 28.4 Å². The van der Waals surface area contributed by atoms with Gasteiger partial charge < -0.3 is 5.32 Å². The molecular formula is C26H21N3O. The van der Waals surface area contributed by atoms with Crippen LogP contribution >= 0.6 is 0 Å². The number of aromatic nitrogens is 1. The van der Waals surface area contributed by atoms with Gasteiger partial charge in [-0.25, -0.2) is 4.98 Å². The van der Waals surface area contributed by atoms with Crippen LogP contribution < -0.4 is 5.32 Å². The summed E-state index contributed by atoms with van der Waals surface area (Å²) in [4.78, 5) is 18.0. The van der Waals surface area contributed by atoms with Crippen molar-refractivity contribution in [3.8, 4) is 17.3 Å². The molecule has 4 nitrogen and oxygen atoms in total. The van der Waals surface area contributed by atoms with Crippen molar-refractivity contribution in [3.05, 3.63) is 101 Å². The van der Waals surface area contributed by atoms with Crippen molar-refractivity contribution in [3.63, 3.8) is 0 Å². The number of para-hydroxylation sites is 1. The maximum atomic E-state index is 13.2. The van der Waals surface area contributed by atoms with Gasteiger partial charge in [0, 0.05) is 17.5 Å². The molecule has 1 heterocycles.